The SMILES string of the molecule is C[C@@H]1CN([C@@H](C)CO)C(=O)c2cc(NS(=O)(=O)c3ccccc3)ccc2O[C@@H](C)CCCCO[C@@H]1CN(C)Cc1ccccc1. The van der Waals surface area contributed by atoms with Gasteiger partial charge in [0, 0.05) is 37.8 Å². The van der Waals surface area contributed by atoms with E-state index >= 15 is 0 Å². The van der Waals surface area contributed by atoms with Gasteiger partial charge in [0.1, 0.15) is 5.75 Å². The predicted molar refractivity (Wildman–Crippen MR) is 177 cm³/mol. The van der Waals surface area contributed by atoms with Crippen molar-refractivity contribution in [3.05, 3.63) is 90.0 Å². The fourth-order valence-corrected chi connectivity index (χ4v) is 6.60. The van der Waals surface area contributed by atoms with E-state index in [9.17, 15) is 18.3 Å². The molecule has 4 atom stereocenters. The van der Waals surface area contributed by atoms with Crippen LogP contribution in [0.2, 0.25) is 0 Å². The summed E-state index contributed by atoms with van der Waals surface area (Å²) in [5.41, 5.74) is 1.69. The van der Waals surface area contributed by atoms with Crippen molar-refractivity contribution >= 4 is 21.6 Å². The van der Waals surface area contributed by atoms with Crippen LogP contribution >= 0.6 is 0 Å². The van der Waals surface area contributed by atoms with Crippen molar-refractivity contribution in [3.8, 4) is 5.75 Å². The molecule has 0 aliphatic carbocycles. The van der Waals surface area contributed by atoms with Crippen molar-refractivity contribution < 1.29 is 27.8 Å². The molecule has 244 valence electrons. The highest BCUT2D eigenvalue weighted by Crippen LogP contribution is 2.29. The van der Waals surface area contributed by atoms with Gasteiger partial charge in [-0.05, 0) is 76.1 Å². The smallest absolute Gasteiger partial charge is 0.261 e. The van der Waals surface area contributed by atoms with Gasteiger partial charge < -0.3 is 19.5 Å². The van der Waals surface area contributed by atoms with Crippen molar-refractivity contribution in [2.24, 2.45) is 5.92 Å². The molecule has 3 aromatic rings. The summed E-state index contributed by atoms with van der Waals surface area (Å²) in [6, 6.07) is 22.6. The molecule has 0 radical (unpaired) electrons. The molecule has 1 aliphatic rings. The van der Waals surface area contributed by atoms with Crippen LogP contribution in [0.25, 0.3) is 0 Å². The first-order valence-corrected chi connectivity index (χ1v) is 17.2. The second-order valence-electron chi connectivity index (χ2n) is 12.1. The molecule has 0 saturated heterocycles. The van der Waals surface area contributed by atoms with Crippen LogP contribution in [0.4, 0.5) is 5.69 Å². The second-order valence-corrected chi connectivity index (χ2v) is 13.8. The number of hydrogen-bond donors (Lipinski definition) is 2. The monoisotopic (exact) mass is 637 g/mol. The number of rotatable bonds is 9. The average Bonchev–Trinajstić information content (AvgIpc) is 3.03. The first-order valence-electron chi connectivity index (χ1n) is 15.7. The number of aliphatic hydroxyl groups excluding tert-OH is 1. The molecule has 0 fully saturated rings. The maximum atomic E-state index is 14.3. The molecule has 4 rings (SSSR count). The summed E-state index contributed by atoms with van der Waals surface area (Å²) in [5, 5.41) is 10.2. The van der Waals surface area contributed by atoms with E-state index in [1.165, 1.54) is 23.8 Å². The van der Waals surface area contributed by atoms with E-state index in [0.29, 0.717) is 25.4 Å². The van der Waals surface area contributed by atoms with Crippen molar-refractivity contribution in [3.63, 3.8) is 0 Å². The van der Waals surface area contributed by atoms with Crippen LogP contribution < -0.4 is 9.46 Å². The summed E-state index contributed by atoms with van der Waals surface area (Å²) in [4.78, 5) is 18.3. The molecule has 0 aromatic heterocycles. The predicted octanol–water partition coefficient (Wildman–Crippen LogP) is 5.41. The highest BCUT2D eigenvalue weighted by Gasteiger charge is 2.30. The highest BCUT2D eigenvalue weighted by molar-refractivity contribution is 7.92. The minimum absolute atomic E-state index is 0.0628. The van der Waals surface area contributed by atoms with Crippen LogP contribution in [0.3, 0.4) is 0 Å². The Balaban J connectivity index is 1.64. The first kappa shape index (κ1) is 34.4. The van der Waals surface area contributed by atoms with Gasteiger partial charge in [0.2, 0.25) is 0 Å². The number of nitrogens with zero attached hydrogens (tertiary/aromatic N) is 2. The molecule has 1 amide bonds. The van der Waals surface area contributed by atoms with Gasteiger partial charge in [-0.2, -0.15) is 0 Å². The lowest BCUT2D eigenvalue weighted by molar-refractivity contribution is -0.0177. The molecule has 1 aliphatic heterocycles. The number of likely N-dealkylation sites (N-methyl/N-ethyl adjacent to an activating group) is 1. The zero-order valence-corrected chi connectivity index (χ0v) is 27.6. The van der Waals surface area contributed by atoms with Crippen LogP contribution in [0.15, 0.2) is 83.8 Å². The van der Waals surface area contributed by atoms with Crippen LogP contribution in [0.5, 0.6) is 5.75 Å². The number of carbonyl (C=O) groups is 1. The Labute approximate surface area is 268 Å². The van der Waals surface area contributed by atoms with Crippen molar-refractivity contribution in [1.29, 1.82) is 0 Å². The van der Waals surface area contributed by atoms with Crippen molar-refractivity contribution in [2.45, 2.75) is 69.7 Å². The second kappa shape index (κ2) is 16.2. The molecule has 0 unspecified atom stereocenters. The molecule has 3 aromatic carbocycles. The topological polar surface area (TPSA) is 108 Å². The maximum Gasteiger partial charge on any atom is 0.261 e. The van der Waals surface area contributed by atoms with E-state index in [2.05, 4.69) is 35.7 Å². The average molecular weight is 638 g/mol. The zero-order chi connectivity index (χ0) is 32.4. The molecule has 45 heavy (non-hydrogen) atoms. The van der Waals surface area contributed by atoms with Gasteiger partial charge in [0.15, 0.2) is 0 Å². The van der Waals surface area contributed by atoms with Crippen molar-refractivity contribution in [1.82, 2.24) is 9.80 Å². The first-order chi connectivity index (χ1) is 21.6. The van der Waals surface area contributed by atoms with Crippen LogP contribution in [0, 0.1) is 5.92 Å². The fourth-order valence-electron chi connectivity index (χ4n) is 5.53. The van der Waals surface area contributed by atoms with Gasteiger partial charge in [-0.3, -0.25) is 14.4 Å². The highest BCUT2D eigenvalue weighted by atomic mass is 32.2. The molecule has 9 nitrogen and oxygen atoms in total. The lowest BCUT2D eigenvalue weighted by Gasteiger charge is -2.36. The van der Waals surface area contributed by atoms with Gasteiger partial charge in [-0.1, -0.05) is 55.5 Å². The van der Waals surface area contributed by atoms with E-state index in [1.807, 2.05) is 25.1 Å². The van der Waals surface area contributed by atoms with E-state index in [-0.39, 0.29) is 46.8 Å². The van der Waals surface area contributed by atoms with E-state index in [0.717, 1.165) is 25.8 Å². The molecular formula is C35H47N3O6S. The number of nitrogens with one attached hydrogen (secondary N) is 1. The Hall–Kier alpha value is -3.44. The third kappa shape index (κ3) is 9.77. The molecule has 2 N–H and O–H groups in total. The number of ether oxygens (including phenoxy) is 2. The molecule has 0 saturated carbocycles. The van der Waals surface area contributed by atoms with Gasteiger partial charge in [-0.15, -0.1) is 0 Å². The largest absolute Gasteiger partial charge is 0.490 e. The summed E-state index contributed by atoms with van der Waals surface area (Å²) in [6.45, 7) is 7.98. The Kier molecular flexibility index (Phi) is 12.4. The maximum absolute atomic E-state index is 14.3. The lowest BCUT2D eigenvalue weighted by Crippen LogP contribution is -2.47. The third-order valence-corrected chi connectivity index (χ3v) is 9.54. The number of hydrogen-bond acceptors (Lipinski definition) is 7. The number of amides is 1. The van der Waals surface area contributed by atoms with Crippen molar-refractivity contribution in [2.75, 3.05) is 38.1 Å². The number of carbonyl (C=O) groups excluding carboxylic acids is 1. The zero-order valence-electron chi connectivity index (χ0n) is 26.8. The molecule has 0 spiro atoms. The summed E-state index contributed by atoms with van der Waals surface area (Å²) >= 11 is 0. The number of sulfonamides is 1. The Morgan fingerprint density at radius 3 is 2.40 bits per heavy atom. The Bertz CT molecular complexity index is 1470. The number of fused-ring (bicyclic) bond motifs is 1. The number of aliphatic hydroxyl groups is 1. The Morgan fingerprint density at radius 2 is 1.71 bits per heavy atom. The Morgan fingerprint density at radius 1 is 1.02 bits per heavy atom. The molecular weight excluding hydrogens is 590 g/mol. The van der Waals surface area contributed by atoms with Gasteiger partial charge in [-0.25, -0.2) is 8.42 Å². The number of anilines is 1. The van der Waals surface area contributed by atoms with Crippen LogP contribution in [0.1, 0.15) is 56.0 Å². The minimum atomic E-state index is -3.88. The van der Waals surface area contributed by atoms with E-state index in [4.69, 9.17) is 9.47 Å². The van der Waals surface area contributed by atoms with Crippen LogP contribution in [-0.4, -0.2) is 80.8 Å². The van der Waals surface area contributed by atoms with E-state index in [1.54, 1.807) is 42.2 Å². The third-order valence-electron chi connectivity index (χ3n) is 8.14. The summed E-state index contributed by atoms with van der Waals surface area (Å²) in [5.74, 6) is -0.0302. The number of benzene rings is 3. The van der Waals surface area contributed by atoms with Gasteiger partial charge >= 0.3 is 0 Å². The molecule has 10 heteroatoms. The molecule has 1 heterocycles. The van der Waals surface area contributed by atoms with Gasteiger partial charge in [0.05, 0.1) is 35.3 Å². The minimum Gasteiger partial charge on any atom is -0.490 e. The normalized spacial score (nSPS) is 21.0. The summed E-state index contributed by atoms with van der Waals surface area (Å²) in [6.07, 6.45) is 2.21. The van der Waals surface area contributed by atoms with Crippen LogP contribution in [-0.2, 0) is 21.3 Å². The molecule has 0 bridgehead atoms. The quantitative estimate of drug-likeness (QED) is 0.323. The fraction of sp³-hybridized carbons (Fsp3) is 0.457. The summed E-state index contributed by atoms with van der Waals surface area (Å²) < 4.78 is 41.5. The van der Waals surface area contributed by atoms with E-state index < -0.39 is 16.1 Å². The van der Waals surface area contributed by atoms with Gasteiger partial charge in [0.25, 0.3) is 15.9 Å². The summed E-state index contributed by atoms with van der Waals surface area (Å²) in [7, 11) is -1.81. The standard InChI is InChI=1S/C35H47N3O6S/c1-26-22-38(27(2)25-39)35(40)32-21-30(36-45(41,42)31-16-9-6-10-17-31)18-19-33(32)44-28(3)13-11-12-20-43-34(26)24-37(4)23-29-14-7-5-8-15-29/h5-10,14-19,21,26-28,34,36,39H,11-13,20,22-25H2,1-4H3/t26-,27+,28+,34-/m1/s1. The lowest BCUT2D eigenvalue weighted by atomic mass is 10.0.